The van der Waals surface area contributed by atoms with Gasteiger partial charge >= 0.3 is 0 Å². The van der Waals surface area contributed by atoms with Crippen LogP contribution in [0.25, 0.3) is 0 Å². The maximum Gasteiger partial charge on any atom is 0.223 e. The lowest BCUT2D eigenvalue weighted by molar-refractivity contribution is -0.127. The van der Waals surface area contributed by atoms with Crippen LogP contribution in [0.1, 0.15) is 25.7 Å². The molecule has 1 aromatic carbocycles. The molecule has 3 rings (SSSR count). The Labute approximate surface area is 115 Å². The molecule has 3 heteroatoms. The number of nitrogens with zero attached hydrogens (tertiary/aromatic N) is 1. The lowest BCUT2D eigenvalue weighted by Crippen LogP contribution is -2.37. The molecule has 19 heavy (non-hydrogen) atoms. The second kappa shape index (κ2) is 5.64. The van der Waals surface area contributed by atoms with E-state index >= 15 is 0 Å². The van der Waals surface area contributed by atoms with Crippen LogP contribution in [-0.4, -0.2) is 25.5 Å². The van der Waals surface area contributed by atoms with Crippen LogP contribution >= 0.6 is 0 Å². The highest BCUT2D eigenvalue weighted by Crippen LogP contribution is 2.27. The summed E-state index contributed by atoms with van der Waals surface area (Å²) in [7, 11) is 0. The average Bonchev–Trinajstić information content (AvgIpc) is 2.84. The largest absolute Gasteiger partial charge is 0.371 e. The van der Waals surface area contributed by atoms with E-state index in [0.717, 1.165) is 32.5 Å². The van der Waals surface area contributed by atoms with E-state index in [4.69, 9.17) is 0 Å². The van der Waals surface area contributed by atoms with Crippen LogP contribution in [0, 0.1) is 11.8 Å². The molecule has 1 aliphatic carbocycles. The molecule has 0 spiro atoms. The summed E-state index contributed by atoms with van der Waals surface area (Å²) in [5.74, 6) is 1.19. The highest BCUT2D eigenvalue weighted by molar-refractivity contribution is 5.79. The Kier molecular flexibility index (Phi) is 3.72. The number of para-hydroxylation sites is 1. The predicted octanol–water partition coefficient (Wildman–Crippen LogP) is 2.43. The van der Waals surface area contributed by atoms with Crippen molar-refractivity contribution in [2.75, 3.05) is 24.5 Å². The zero-order valence-corrected chi connectivity index (χ0v) is 11.3. The highest BCUT2D eigenvalue weighted by Gasteiger charge is 2.27. The van der Waals surface area contributed by atoms with Crippen molar-refractivity contribution in [1.82, 2.24) is 5.32 Å². The van der Waals surface area contributed by atoms with E-state index in [9.17, 15) is 4.79 Å². The molecule has 1 saturated carbocycles. The number of carbonyl (C=O) groups excluding carboxylic acids is 1. The van der Waals surface area contributed by atoms with Crippen LogP contribution in [0.3, 0.4) is 0 Å². The van der Waals surface area contributed by atoms with Crippen LogP contribution in [0.4, 0.5) is 5.69 Å². The van der Waals surface area contributed by atoms with E-state index in [2.05, 4.69) is 40.5 Å². The van der Waals surface area contributed by atoms with Gasteiger partial charge in [-0.1, -0.05) is 24.6 Å². The Balaban J connectivity index is 1.45. The van der Waals surface area contributed by atoms with Gasteiger partial charge in [-0.3, -0.25) is 4.79 Å². The van der Waals surface area contributed by atoms with Crippen LogP contribution in [0.15, 0.2) is 30.3 Å². The quantitative estimate of drug-likeness (QED) is 0.899. The van der Waals surface area contributed by atoms with Crippen molar-refractivity contribution in [3.05, 3.63) is 30.3 Å². The first kappa shape index (κ1) is 12.5. The normalized spacial score (nSPS) is 23.2. The van der Waals surface area contributed by atoms with Crippen molar-refractivity contribution in [1.29, 1.82) is 0 Å². The molecule has 102 valence electrons. The van der Waals surface area contributed by atoms with Gasteiger partial charge in [-0.05, 0) is 37.3 Å². The number of anilines is 1. The number of hydrogen-bond acceptors (Lipinski definition) is 2. The average molecular weight is 258 g/mol. The topological polar surface area (TPSA) is 32.3 Å². The van der Waals surface area contributed by atoms with Gasteiger partial charge in [0.2, 0.25) is 5.91 Å². The first-order valence-corrected chi connectivity index (χ1v) is 7.40. The Bertz CT molecular complexity index is 428. The molecule has 1 atom stereocenters. The summed E-state index contributed by atoms with van der Waals surface area (Å²) in [4.78, 5) is 14.2. The maximum atomic E-state index is 11.8. The Morgan fingerprint density at radius 1 is 1.21 bits per heavy atom. The summed E-state index contributed by atoms with van der Waals surface area (Å²) in [5.41, 5.74) is 1.30. The Morgan fingerprint density at radius 3 is 2.68 bits per heavy atom. The van der Waals surface area contributed by atoms with Crippen molar-refractivity contribution < 1.29 is 4.79 Å². The van der Waals surface area contributed by atoms with E-state index in [1.165, 1.54) is 18.5 Å². The Morgan fingerprint density at radius 2 is 2.00 bits per heavy atom. The van der Waals surface area contributed by atoms with E-state index in [1.807, 2.05) is 0 Å². The highest BCUT2D eigenvalue weighted by atomic mass is 16.1. The minimum absolute atomic E-state index is 0.282. The van der Waals surface area contributed by atoms with Gasteiger partial charge in [-0.25, -0.2) is 0 Å². The number of rotatable bonds is 4. The number of benzene rings is 1. The predicted molar refractivity (Wildman–Crippen MR) is 77.1 cm³/mol. The maximum absolute atomic E-state index is 11.8. The molecule has 1 heterocycles. The van der Waals surface area contributed by atoms with Crippen molar-refractivity contribution in [2.24, 2.45) is 11.8 Å². The van der Waals surface area contributed by atoms with Gasteiger partial charge in [0.15, 0.2) is 0 Å². The van der Waals surface area contributed by atoms with Crippen LogP contribution in [0.2, 0.25) is 0 Å². The molecular weight excluding hydrogens is 236 g/mol. The zero-order valence-electron chi connectivity index (χ0n) is 11.3. The minimum atomic E-state index is 0.282. The molecule has 1 aliphatic heterocycles. The van der Waals surface area contributed by atoms with Crippen LogP contribution < -0.4 is 10.2 Å². The fraction of sp³-hybridized carbons (Fsp3) is 0.562. The third kappa shape index (κ3) is 2.91. The van der Waals surface area contributed by atoms with Crippen LogP contribution in [-0.2, 0) is 4.79 Å². The second-order valence-electron chi connectivity index (χ2n) is 5.81. The lowest BCUT2D eigenvalue weighted by Gasteiger charge is -2.25. The molecular formula is C16H22N2O. The SMILES string of the molecule is O=C(NC[C@H]1CCN(c2ccccc2)C1)C1CCC1. The van der Waals surface area contributed by atoms with Crippen molar-refractivity contribution in [2.45, 2.75) is 25.7 Å². The van der Waals surface area contributed by atoms with Crippen LogP contribution in [0.5, 0.6) is 0 Å². The summed E-state index contributed by atoms with van der Waals surface area (Å²) < 4.78 is 0. The summed E-state index contributed by atoms with van der Waals surface area (Å²) in [6.45, 7) is 3.02. The third-order valence-electron chi connectivity index (χ3n) is 4.45. The minimum Gasteiger partial charge on any atom is -0.371 e. The molecule has 0 bridgehead atoms. The van der Waals surface area contributed by atoms with Gasteiger partial charge in [-0.15, -0.1) is 0 Å². The van der Waals surface area contributed by atoms with Gasteiger partial charge in [-0.2, -0.15) is 0 Å². The first-order chi connectivity index (χ1) is 9.33. The fourth-order valence-electron chi connectivity index (χ4n) is 2.93. The molecule has 2 fully saturated rings. The summed E-state index contributed by atoms with van der Waals surface area (Å²) in [5, 5.41) is 3.13. The molecule has 0 aromatic heterocycles. The Hall–Kier alpha value is -1.51. The van der Waals surface area contributed by atoms with Crippen molar-refractivity contribution in [3.63, 3.8) is 0 Å². The smallest absolute Gasteiger partial charge is 0.223 e. The zero-order chi connectivity index (χ0) is 13.1. The number of nitrogens with one attached hydrogen (secondary N) is 1. The van der Waals surface area contributed by atoms with Crippen molar-refractivity contribution >= 4 is 11.6 Å². The monoisotopic (exact) mass is 258 g/mol. The summed E-state index contributed by atoms with van der Waals surface area (Å²) >= 11 is 0. The summed E-state index contributed by atoms with van der Waals surface area (Å²) in [6, 6.07) is 10.5. The molecule has 1 saturated heterocycles. The van der Waals surface area contributed by atoms with E-state index < -0.39 is 0 Å². The van der Waals surface area contributed by atoms with Gasteiger partial charge in [0.1, 0.15) is 0 Å². The lowest BCUT2D eigenvalue weighted by atomic mass is 9.85. The summed E-state index contributed by atoms with van der Waals surface area (Å²) in [6.07, 6.45) is 4.59. The van der Waals surface area contributed by atoms with E-state index in [1.54, 1.807) is 0 Å². The molecule has 0 radical (unpaired) electrons. The van der Waals surface area contributed by atoms with Gasteiger partial charge in [0, 0.05) is 31.2 Å². The second-order valence-corrected chi connectivity index (χ2v) is 5.81. The third-order valence-corrected chi connectivity index (χ3v) is 4.45. The van der Waals surface area contributed by atoms with Gasteiger partial charge in [0.05, 0.1) is 0 Å². The number of hydrogen-bond donors (Lipinski definition) is 1. The number of amides is 1. The molecule has 0 unspecified atom stereocenters. The van der Waals surface area contributed by atoms with E-state index in [-0.39, 0.29) is 5.91 Å². The number of carbonyl (C=O) groups is 1. The van der Waals surface area contributed by atoms with Crippen molar-refractivity contribution in [3.8, 4) is 0 Å². The molecule has 1 aromatic rings. The van der Waals surface area contributed by atoms with Gasteiger partial charge in [0.25, 0.3) is 0 Å². The first-order valence-electron chi connectivity index (χ1n) is 7.40. The molecule has 2 aliphatic rings. The van der Waals surface area contributed by atoms with E-state index in [0.29, 0.717) is 11.8 Å². The fourth-order valence-corrected chi connectivity index (χ4v) is 2.93. The molecule has 3 nitrogen and oxygen atoms in total. The molecule has 1 N–H and O–H groups in total. The standard InChI is InChI=1S/C16H22N2O/c19-16(14-5-4-6-14)17-11-13-9-10-18(12-13)15-7-2-1-3-8-15/h1-3,7-8,13-14H,4-6,9-12H2,(H,17,19)/t13-/m1/s1. The van der Waals surface area contributed by atoms with Gasteiger partial charge < -0.3 is 10.2 Å². The molecule has 1 amide bonds.